The fraction of sp³-hybridized carbons (Fsp3) is 1.00. The number of rotatable bonds is 4. The number of aliphatic hydroxyl groups excluding tert-OH is 2. The molecule has 0 radical (unpaired) electrons. The van der Waals surface area contributed by atoms with Crippen LogP contribution in [0.15, 0.2) is 0 Å². The lowest BCUT2D eigenvalue weighted by molar-refractivity contribution is 0.0606. The van der Waals surface area contributed by atoms with Crippen LogP contribution in [0.2, 0.25) is 0 Å². The summed E-state index contributed by atoms with van der Waals surface area (Å²) in [5.41, 5.74) is 0. The minimum Gasteiger partial charge on any atom is -0.396 e. The van der Waals surface area contributed by atoms with Crippen molar-refractivity contribution in [2.45, 2.75) is 57.1 Å². The molecule has 0 aromatic rings. The largest absolute Gasteiger partial charge is 0.396 e. The van der Waals surface area contributed by atoms with Crippen LogP contribution in [0.5, 0.6) is 0 Å². The van der Waals surface area contributed by atoms with Crippen LogP contribution in [0, 0.1) is 5.92 Å². The molecule has 0 aromatic heterocycles. The van der Waals surface area contributed by atoms with E-state index in [1.54, 1.807) is 0 Å². The predicted octanol–water partition coefficient (Wildman–Crippen LogP) is 1.38. The Morgan fingerprint density at radius 1 is 1.06 bits per heavy atom. The summed E-state index contributed by atoms with van der Waals surface area (Å²) >= 11 is 0. The van der Waals surface area contributed by atoms with Crippen molar-refractivity contribution in [2.75, 3.05) is 19.7 Å². The third-order valence-corrected chi connectivity index (χ3v) is 4.30. The molecule has 0 bridgehead atoms. The molecule has 3 heteroatoms. The SMILES string of the molecule is OCCC1CCCCN1CC1CCCC1O. The first-order valence-electron chi connectivity index (χ1n) is 6.84. The van der Waals surface area contributed by atoms with Gasteiger partial charge in [0.05, 0.1) is 6.10 Å². The Kier molecular flexibility index (Phi) is 4.62. The van der Waals surface area contributed by atoms with Crippen molar-refractivity contribution in [3.63, 3.8) is 0 Å². The zero-order valence-electron chi connectivity index (χ0n) is 10.1. The summed E-state index contributed by atoms with van der Waals surface area (Å²) in [5.74, 6) is 0.485. The summed E-state index contributed by atoms with van der Waals surface area (Å²) in [5, 5.41) is 18.9. The molecular formula is C13H25NO2. The van der Waals surface area contributed by atoms with Crippen molar-refractivity contribution in [1.82, 2.24) is 4.90 Å². The van der Waals surface area contributed by atoms with Gasteiger partial charge in [-0.3, -0.25) is 4.90 Å². The number of hydrogen-bond donors (Lipinski definition) is 2. The molecular weight excluding hydrogens is 202 g/mol. The molecule has 2 rings (SSSR count). The first kappa shape index (κ1) is 12.3. The van der Waals surface area contributed by atoms with Crippen molar-refractivity contribution < 1.29 is 10.2 Å². The standard InChI is InChI=1S/C13H25NO2/c15-9-7-12-5-1-2-8-14(12)10-11-4-3-6-13(11)16/h11-13,15-16H,1-10H2. The molecule has 1 aliphatic heterocycles. The lowest BCUT2D eigenvalue weighted by atomic mass is 9.96. The Bertz CT molecular complexity index is 208. The molecule has 3 atom stereocenters. The second kappa shape index (κ2) is 5.99. The fourth-order valence-electron chi connectivity index (χ4n) is 3.31. The minimum atomic E-state index is -0.0725. The minimum absolute atomic E-state index is 0.0725. The highest BCUT2D eigenvalue weighted by Crippen LogP contribution is 2.29. The van der Waals surface area contributed by atoms with Crippen LogP contribution in [0.1, 0.15) is 44.9 Å². The topological polar surface area (TPSA) is 43.7 Å². The zero-order chi connectivity index (χ0) is 11.4. The van der Waals surface area contributed by atoms with Gasteiger partial charge in [-0.15, -0.1) is 0 Å². The normalized spacial score (nSPS) is 36.8. The van der Waals surface area contributed by atoms with Crippen LogP contribution in [0.3, 0.4) is 0 Å². The number of hydrogen-bond acceptors (Lipinski definition) is 3. The van der Waals surface area contributed by atoms with Gasteiger partial charge in [0.15, 0.2) is 0 Å². The zero-order valence-corrected chi connectivity index (χ0v) is 10.1. The highest BCUT2D eigenvalue weighted by Gasteiger charge is 2.30. The molecule has 3 nitrogen and oxygen atoms in total. The number of aliphatic hydroxyl groups is 2. The molecule has 0 spiro atoms. The second-order valence-corrected chi connectivity index (χ2v) is 5.42. The number of likely N-dealkylation sites (tertiary alicyclic amines) is 1. The van der Waals surface area contributed by atoms with Crippen molar-refractivity contribution in [3.8, 4) is 0 Å². The smallest absolute Gasteiger partial charge is 0.0580 e. The molecule has 1 saturated carbocycles. The highest BCUT2D eigenvalue weighted by atomic mass is 16.3. The summed E-state index contributed by atoms with van der Waals surface area (Å²) in [7, 11) is 0. The maximum atomic E-state index is 9.86. The van der Waals surface area contributed by atoms with Crippen LogP contribution in [-0.4, -0.2) is 47.0 Å². The molecule has 2 N–H and O–H groups in total. The molecule has 2 aliphatic rings. The van der Waals surface area contributed by atoms with Gasteiger partial charge in [-0.2, -0.15) is 0 Å². The van der Waals surface area contributed by atoms with E-state index in [0.717, 1.165) is 25.9 Å². The summed E-state index contributed by atoms with van der Waals surface area (Å²) in [6, 6.07) is 0.562. The van der Waals surface area contributed by atoms with Crippen LogP contribution in [0.25, 0.3) is 0 Å². The molecule has 0 amide bonds. The van der Waals surface area contributed by atoms with E-state index in [-0.39, 0.29) is 6.10 Å². The van der Waals surface area contributed by atoms with E-state index in [1.807, 2.05) is 0 Å². The molecule has 2 fully saturated rings. The molecule has 94 valence electrons. The van der Waals surface area contributed by atoms with E-state index in [4.69, 9.17) is 5.11 Å². The predicted molar refractivity (Wildman–Crippen MR) is 64.3 cm³/mol. The van der Waals surface area contributed by atoms with Gasteiger partial charge < -0.3 is 10.2 Å². The van der Waals surface area contributed by atoms with Crippen LogP contribution >= 0.6 is 0 Å². The van der Waals surface area contributed by atoms with E-state index in [2.05, 4.69) is 4.90 Å². The maximum absolute atomic E-state index is 9.86. The first-order valence-corrected chi connectivity index (χ1v) is 6.84. The summed E-state index contributed by atoms with van der Waals surface area (Å²) in [4.78, 5) is 2.51. The van der Waals surface area contributed by atoms with Crippen LogP contribution < -0.4 is 0 Å². The van der Waals surface area contributed by atoms with Gasteiger partial charge in [-0.25, -0.2) is 0 Å². The molecule has 16 heavy (non-hydrogen) atoms. The van der Waals surface area contributed by atoms with E-state index in [9.17, 15) is 5.11 Å². The Morgan fingerprint density at radius 2 is 1.94 bits per heavy atom. The molecule has 1 saturated heterocycles. The highest BCUT2D eigenvalue weighted by molar-refractivity contribution is 4.84. The van der Waals surface area contributed by atoms with E-state index >= 15 is 0 Å². The average molecular weight is 227 g/mol. The monoisotopic (exact) mass is 227 g/mol. The quantitative estimate of drug-likeness (QED) is 0.762. The van der Waals surface area contributed by atoms with Crippen molar-refractivity contribution in [3.05, 3.63) is 0 Å². The van der Waals surface area contributed by atoms with Gasteiger partial charge in [0.2, 0.25) is 0 Å². The molecule has 0 aromatic carbocycles. The summed E-state index contributed by atoms with van der Waals surface area (Å²) in [6.45, 7) is 2.51. The average Bonchev–Trinajstić information content (AvgIpc) is 2.68. The van der Waals surface area contributed by atoms with Crippen LogP contribution in [-0.2, 0) is 0 Å². The lowest BCUT2D eigenvalue weighted by Crippen LogP contribution is -2.43. The summed E-state index contributed by atoms with van der Waals surface area (Å²) in [6.07, 6.45) is 8.00. The van der Waals surface area contributed by atoms with Gasteiger partial charge in [0.1, 0.15) is 0 Å². The number of piperidine rings is 1. The molecule has 1 aliphatic carbocycles. The third-order valence-electron chi connectivity index (χ3n) is 4.30. The summed E-state index contributed by atoms with van der Waals surface area (Å²) < 4.78 is 0. The van der Waals surface area contributed by atoms with E-state index in [0.29, 0.717) is 18.6 Å². The van der Waals surface area contributed by atoms with Crippen LogP contribution in [0.4, 0.5) is 0 Å². The van der Waals surface area contributed by atoms with Gasteiger partial charge in [0, 0.05) is 19.2 Å². The van der Waals surface area contributed by atoms with E-state index < -0.39 is 0 Å². The van der Waals surface area contributed by atoms with Gasteiger partial charge in [-0.1, -0.05) is 12.8 Å². The lowest BCUT2D eigenvalue weighted by Gasteiger charge is -2.37. The number of nitrogens with zero attached hydrogens (tertiary/aromatic N) is 1. The second-order valence-electron chi connectivity index (χ2n) is 5.42. The first-order chi connectivity index (χ1) is 7.81. The van der Waals surface area contributed by atoms with Crippen molar-refractivity contribution in [1.29, 1.82) is 0 Å². The molecule has 1 heterocycles. The van der Waals surface area contributed by atoms with Gasteiger partial charge in [-0.05, 0) is 44.6 Å². The maximum Gasteiger partial charge on any atom is 0.0580 e. The van der Waals surface area contributed by atoms with Crippen molar-refractivity contribution in [2.24, 2.45) is 5.92 Å². The van der Waals surface area contributed by atoms with Gasteiger partial charge in [0.25, 0.3) is 0 Å². The fourth-order valence-corrected chi connectivity index (χ4v) is 3.31. The Labute approximate surface area is 98.5 Å². The Morgan fingerprint density at radius 3 is 2.62 bits per heavy atom. The Balaban J connectivity index is 1.85. The Hall–Kier alpha value is -0.120. The van der Waals surface area contributed by atoms with E-state index in [1.165, 1.54) is 32.1 Å². The molecule has 3 unspecified atom stereocenters. The van der Waals surface area contributed by atoms with Gasteiger partial charge >= 0.3 is 0 Å². The third kappa shape index (κ3) is 2.96. The van der Waals surface area contributed by atoms with Crippen molar-refractivity contribution >= 4 is 0 Å².